The number of hydrogen-bond donors (Lipinski definition) is 0. The van der Waals surface area contributed by atoms with Crippen LogP contribution in [-0.4, -0.2) is 0 Å². The second kappa shape index (κ2) is 5.85. The van der Waals surface area contributed by atoms with E-state index in [9.17, 15) is 4.39 Å². The predicted molar refractivity (Wildman–Crippen MR) is 78.0 cm³/mol. The summed E-state index contributed by atoms with van der Waals surface area (Å²) in [7, 11) is 0. The van der Waals surface area contributed by atoms with E-state index in [-0.39, 0.29) is 5.82 Å². The highest BCUT2D eigenvalue weighted by molar-refractivity contribution is 9.10. The van der Waals surface area contributed by atoms with E-state index in [4.69, 9.17) is 4.74 Å². The monoisotopic (exact) mass is 372 g/mol. The maximum atomic E-state index is 13.2. The first-order valence-electron chi connectivity index (χ1n) is 5.38. The Hall–Kier alpha value is -0.870. The Morgan fingerprint density at radius 1 is 1.17 bits per heavy atom. The zero-order chi connectivity index (χ0) is 13.1. The van der Waals surface area contributed by atoms with E-state index in [1.165, 1.54) is 12.1 Å². The molecule has 2 rings (SSSR count). The first kappa shape index (κ1) is 13.6. The van der Waals surface area contributed by atoms with Gasteiger partial charge in [0.2, 0.25) is 0 Å². The lowest BCUT2D eigenvalue weighted by Crippen LogP contribution is -1.90. The van der Waals surface area contributed by atoms with E-state index in [1.54, 1.807) is 6.07 Å². The average Bonchev–Trinajstić information content (AvgIpc) is 2.34. The van der Waals surface area contributed by atoms with Gasteiger partial charge in [-0.15, -0.1) is 0 Å². The van der Waals surface area contributed by atoms with Crippen LogP contribution in [0, 0.1) is 12.7 Å². The molecule has 18 heavy (non-hydrogen) atoms. The Kier molecular flexibility index (Phi) is 4.40. The van der Waals surface area contributed by atoms with Crippen LogP contribution >= 0.6 is 31.9 Å². The van der Waals surface area contributed by atoms with Crippen molar-refractivity contribution in [1.29, 1.82) is 0 Å². The molecule has 0 aliphatic heterocycles. The molecule has 2 aromatic rings. The Balaban J connectivity index is 2.28. The highest BCUT2D eigenvalue weighted by atomic mass is 79.9. The Morgan fingerprint density at radius 3 is 2.61 bits per heavy atom. The number of aryl methyl sites for hydroxylation is 1. The van der Waals surface area contributed by atoms with E-state index >= 15 is 0 Å². The first-order chi connectivity index (χ1) is 8.60. The number of alkyl halides is 1. The van der Waals surface area contributed by atoms with Gasteiger partial charge in [0, 0.05) is 15.9 Å². The zero-order valence-corrected chi connectivity index (χ0v) is 12.9. The van der Waals surface area contributed by atoms with Crippen LogP contribution in [0.25, 0.3) is 0 Å². The van der Waals surface area contributed by atoms with Gasteiger partial charge in [-0.05, 0) is 36.2 Å². The molecule has 0 aliphatic carbocycles. The Morgan fingerprint density at radius 2 is 1.94 bits per heavy atom. The van der Waals surface area contributed by atoms with Crippen molar-refractivity contribution in [1.82, 2.24) is 0 Å². The lowest BCUT2D eigenvalue weighted by atomic mass is 10.2. The van der Waals surface area contributed by atoms with E-state index in [1.807, 2.05) is 25.1 Å². The normalized spacial score (nSPS) is 10.4. The molecule has 0 unspecified atom stereocenters. The number of benzene rings is 2. The zero-order valence-electron chi connectivity index (χ0n) is 9.71. The van der Waals surface area contributed by atoms with Crippen molar-refractivity contribution in [3.05, 3.63) is 57.8 Å². The van der Waals surface area contributed by atoms with Crippen LogP contribution in [0.3, 0.4) is 0 Å². The van der Waals surface area contributed by atoms with Gasteiger partial charge in [0.05, 0.1) is 0 Å². The molecular weight excluding hydrogens is 363 g/mol. The minimum absolute atomic E-state index is 0.299. The summed E-state index contributed by atoms with van der Waals surface area (Å²) in [5.74, 6) is 0.917. The third-order valence-corrected chi connectivity index (χ3v) is 3.89. The summed E-state index contributed by atoms with van der Waals surface area (Å²) in [5.41, 5.74) is 2.04. The Bertz CT molecular complexity index is 570. The topological polar surface area (TPSA) is 9.23 Å². The molecule has 0 aliphatic rings. The molecule has 0 radical (unpaired) electrons. The van der Waals surface area contributed by atoms with Gasteiger partial charge >= 0.3 is 0 Å². The molecule has 0 saturated carbocycles. The van der Waals surface area contributed by atoms with E-state index in [0.29, 0.717) is 11.5 Å². The second-order valence-corrected chi connectivity index (χ2v) is 5.31. The summed E-state index contributed by atoms with van der Waals surface area (Å²) in [6.45, 7) is 1.89. The minimum atomic E-state index is -0.299. The quantitative estimate of drug-likeness (QED) is 0.637. The molecule has 0 aromatic heterocycles. The smallest absolute Gasteiger partial charge is 0.133 e. The summed E-state index contributed by atoms with van der Waals surface area (Å²) in [5, 5.41) is 0.771. The fourth-order valence-electron chi connectivity index (χ4n) is 1.51. The molecule has 0 N–H and O–H groups in total. The largest absolute Gasteiger partial charge is 0.457 e. The van der Waals surface area contributed by atoms with Gasteiger partial charge in [-0.1, -0.05) is 44.0 Å². The highest BCUT2D eigenvalue weighted by Crippen LogP contribution is 2.30. The molecule has 0 atom stereocenters. The van der Waals surface area contributed by atoms with Crippen LogP contribution in [0.1, 0.15) is 11.1 Å². The predicted octanol–water partition coefficient (Wildman–Crippen LogP) is 5.58. The van der Waals surface area contributed by atoms with Gasteiger partial charge in [-0.3, -0.25) is 0 Å². The molecule has 1 nitrogen and oxygen atoms in total. The van der Waals surface area contributed by atoms with Crippen LogP contribution in [-0.2, 0) is 5.33 Å². The minimum Gasteiger partial charge on any atom is -0.457 e. The fraction of sp³-hybridized carbons (Fsp3) is 0.143. The van der Waals surface area contributed by atoms with E-state index < -0.39 is 0 Å². The van der Waals surface area contributed by atoms with Gasteiger partial charge in [0.15, 0.2) is 0 Å². The Labute approximate surface area is 122 Å². The summed E-state index contributed by atoms with van der Waals surface area (Å²) in [6.07, 6.45) is 0. The van der Waals surface area contributed by atoms with Crippen molar-refractivity contribution in [2.75, 3.05) is 0 Å². The van der Waals surface area contributed by atoms with Gasteiger partial charge < -0.3 is 4.74 Å². The number of ether oxygens (including phenoxy) is 1. The van der Waals surface area contributed by atoms with Crippen LogP contribution in [0.15, 0.2) is 40.9 Å². The van der Waals surface area contributed by atoms with Gasteiger partial charge in [0.25, 0.3) is 0 Å². The van der Waals surface area contributed by atoms with Crippen molar-refractivity contribution in [3.63, 3.8) is 0 Å². The summed E-state index contributed by atoms with van der Waals surface area (Å²) in [4.78, 5) is 0. The maximum absolute atomic E-state index is 13.2. The summed E-state index contributed by atoms with van der Waals surface area (Å²) < 4.78 is 19.8. The number of hydrogen-bond acceptors (Lipinski definition) is 1. The van der Waals surface area contributed by atoms with Gasteiger partial charge in [-0.25, -0.2) is 4.39 Å². The van der Waals surface area contributed by atoms with Crippen molar-refractivity contribution in [2.45, 2.75) is 12.3 Å². The first-order valence-corrected chi connectivity index (χ1v) is 7.30. The maximum Gasteiger partial charge on any atom is 0.133 e. The molecule has 0 bridgehead atoms. The third-order valence-electron chi connectivity index (χ3n) is 2.55. The molecule has 0 saturated heterocycles. The van der Waals surface area contributed by atoms with E-state index in [0.717, 1.165) is 20.9 Å². The molecule has 94 valence electrons. The summed E-state index contributed by atoms with van der Waals surface area (Å²) in [6, 6.07) is 10.2. The molecule has 4 heteroatoms. The average molecular weight is 374 g/mol. The highest BCUT2D eigenvalue weighted by Gasteiger charge is 2.05. The van der Waals surface area contributed by atoms with Gasteiger partial charge in [0.1, 0.15) is 17.3 Å². The van der Waals surface area contributed by atoms with Gasteiger partial charge in [-0.2, -0.15) is 0 Å². The molecule has 0 amide bonds. The molecule has 2 aromatic carbocycles. The summed E-state index contributed by atoms with van der Waals surface area (Å²) >= 11 is 6.87. The van der Waals surface area contributed by atoms with Crippen LogP contribution in [0.4, 0.5) is 4.39 Å². The van der Waals surface area contributed by atoms with Crippen molar-refractivity contribution < 1.29 is 9.13 Å². The molecule has 0 heterocycles. The molecule has 0 spiro atoms. The van der Waals surface area contributed by atoms with Crippen LogP contribution in [0.5, 0.6) is 11.5 Å². The molecular formula is C14H11Br2FO. The van der Waals surface area contributed by atoms with Crippen molar-refractivity contribution in [3.8, 4) is 11.5 Å². The number of rotatable bonds is 3. The van der Waals surface area contributed by atoms with Crippen molar-refractivity contribution >= 4 is 31.9 Å². The fourth-order valence-corrected chi connectivity index (χ4v) is 2.87. The number of halogens is 3. The van der Waals surface area contributed by atoms with Crippen molar-refractivity contribution in [2.24, 2.45) is 0 Å². The standard InChI is InChI=1S/C14H11Br2FO/c1-9-2-4-11(17)6-14(9)18-12-5-3-10(8-15)13(16)7-12/h2-7H,8H2,1H3. The SMILES string of the molecule is Cc1ccc(F)cc1Oc1ccc(CBr)c(Br)c1. The lowest BCUT2D eigenvalue weighted by Gasteiger charge is -2.10. The lowest BCUT2D eigenvalue weighted by molar-refractivity contribution is 0.472. The van der Waals surface area contributed by atoms with Crippen LogP contribution < -0.4 is 4.74 Å². The second-order valence-electron chi connectivity index (χ2n) is 3.90. The van der Waals surface area contributed by atoms with E-state index in [2.05, 4.69) is 31.9 Å². The third kappa shape index (κ3) is 3.12. The molecule has 0 fully saturated rings. The van der Waals surface area contributed by atoms with Crippen LogP contribution in [0.2, 0.25) is 0 Å².